The van der Waals surface area contributed by atoms with Crippen molar-refractivity contribution in [3.8, 4) is 6.07 Å². The Balaban J connectivity index is 1.46. The summed E-state index contributed by atoms with van der Waals surface area (Å²) in [4.78, 5) is 16.1. The first-order valence-corrected chi connectivity index (χ1v) is 9.44. The van der Waals surface area contributed by atoms with Crippen LogP contribution >= 0.6 is 0 Å². The Labute approximate surface area is 158 Å². The molecule has 0 atom stereocenters. The van der Waals surface area contributed by atoms with Gasteiger partial charge in [-0.15, -0.1) is 0 Å². The van der Waals surface area contributed by atoms with Crippen LogP contribution in [0.4, 0.5) is 21.8 Å². The zero-order valence-electron chi connectivity index (χ0n) is 15.5. The lowest BCUT2D eigenvalue weighted by atomic mass is 10.2. The van der Waals surface area contributed by atoms with Crippen molar-refractivity contribution in [3.05, 3.63) is 41.3 Å². The highest BCUT2D eigenvalue weighted by Crippen LogP contribution is 2.24. The molecule has 1 aromatic carbocycles. The molecule has 4 rings (SSSR count). The van der Waals surface area contributed by atoms with Gasteiger partial charge in [0.2, 0.25) is 5.95 Å². The molecular formula is C20H23FN6. The Morgan fingerprint density at radius 2 is 1.63 bits per heavy atom. The minimum atomic E-state index is -0.459. The first-order chi connectivity index (χ1) is 13.1. The van der Waals surface area contributed by atoms with Crippen molar-refractivity contribution in [2.75, 3.05) is 54.0 Å². The van der Waals surface area contributed by atoms with Gasteiger partial charge in [-0.2, -0.15) is 10.2 Å². The summed E-state index contributed by atoms with van der Waals surface area (Å²) < 4.78 is 13.9. The summed E-state index contributed by atoms with van der Waals surface area (Å²) >= 11 is 0. The maximum absolute atomic E-state index is 13.9. The van der Waals surface area contributed by atoms with Gasteiger partial charge < -0.3 is 14.7 Å². The fraction of sp³-hybridized carbons (Fsp3) is 0.450. The smallest absolute Gasteiger partial charge is 0.227 e. The van der Waals surface area contributed by atoms with Crippen LogP contribution in [0.2, 0.25) is 0 Å². The molecule has 0 saturated carbocycles. The standard InChI is InChI=1S/C20H23FN6/c1-15-12-19(24-20(23-15)27-6-2-3-7-27)26-10-8-25(9-11-26)17-5-4-16(14-22)18(21)13-17/h4-5,12-13H,2-3,6-11H2,1H3. The van der Waals surface area contributed by atoms with Crippen molar-refractivity contribution in [2.24, 2.45) is 0 Å². The van der Waals surface area contributed by atoms with Crippen LogP contribution in [0.15, 0.2) is 24.3 Å². The number of hydrogen-bond acceptors (Lipinski definition) is 6. The van der Waals surface area contributed by atoms with Gasteiger partial charge in [0.05, 0.1) is 5.56 Å². The van der Waals surface area contributed by atoms with Crippen LogP contribution in [0.25, 0.3) is 0 Å². The van der Waals surface area contributed by atoms with Gasteiger partial charge in [-0.1, -0.05) is 0 Å². The molecule has 3 heterocycles. The van der Waals surface area contributed by atoms with E-state index in [1.54, 1.807) is 6.07 Å². The number of rotatable bonds is 3. The predicted octanol–water partition coefficient (Wildman–Crippen LogP) is 2.72. The van der Waals surface area contributed by atoms with E-state index in [4.69, 9.17) is 10.2 Å². The second-order valence-corrected chi connectivity index (χ2v) is 7.11. The van der Waals surface area contributed by atoms with Crippen molar-refractivity contribution in [2.45, 2.75) is 19.8 Å². The van der Waals surface area contributed by atoms with E-state index >= 15 is 0 Å². The topological polar surface area (TPSA) is 59.3 Å². The van der Waals surface area contributed by atoms with E-state index in [0.29, 0.717) is 0 Å². The Hall–Kier alpha value is -2.88. The molecule has 6 nitrogen and oxygen atoms in total. The van der Waals surface area contributed by atoms with Gasteiger partial charge in [0.15, 0.2) is 0 Å². The monoisotopic (exact) mass is 366 g/mol. The summed E-state index contributed by atoms with van der Waals surface area (Å²) in [6.07, 6.45) is 2.40. The number of hydrogen-bond donors (Lipinski definition) is 0. The van der Waals surface area contributed by atoms with Gasteiger partial charge in [-0.25, -0.2) is 9.37 Å². The third kappa shape index (κ3) is 3.65. The fourth-order valence-electron chi connectivity index (χ4n) is 3.74. The molecule has 2 saturated heterocycles. The molecule has 2 aliphatic rings. The van der Waals surface area contributed by atoms with E-state index < -0.39 is 5.82 Å². The summed E-state index contributed by atoms with van der Waals surface area (Å²) in [6, 6.07) is 8.72. The number of benzene rings is 1. The van der Waals surface area contributed by atoms with E-state index in [9.17, 15) is 4.39 Å². The summed E-state index contributed by atoms with van der Waals surface area (Å²) in [5.41, 5.74) is 1.89. The minimum Gasteiger partial charge on any atom is -0.368 e. The van der Waals surface area contributed by atoms with Crippen LogP contribution in [0.1, 0.15) is 24.1 Å². The molecule has 0 spiro atoms. The summed E-state index contributed by atoms with van der Waals surface area (Å²) in [5, 5.41) is 8.88. The van der Waals surface area contributed by atoms with Crippen LogP contribution in [0.3, 0.4) is 0 Å². The number of anilines is 3. The highest BCUT2D eigenvalue weighted by molar-refractivity contribution is 5.53. The third-order valence-electron chi connectivity index (χ3n) is 5.26. The number of nitriles is 1. The molecule has 2 aromatic rings. The predicted molar refractivity (Wildman–Crippen MR) is 104 cm³/mol. The molecule has 0 unspecified atom stereocenters. The average Bonchev–Trinajstić information content (AvgIpc) is 3.22. The van der Waals surface area contributed by atoms with Crippen molar-refractivity contribution >= 4 is 17.5 Å². The van der Waals surface area contributed by atoms with Crippen molar-refractivity contribution < 1.29 is 4.39 Å². The summed E-state index contributed by atoms with van der Waals surface area (Å²) in [7, 11) is 0. The van der Waals surface area contributed by atoms with E-state index in [1.807, 2.05) is 25.1 Å². The molecule has 7 heteroatoms. The van der Waals surface area contributed by atoms with Gasteiger partial charge >= 0.3 is 0 Å². The van der Waals surface area contributed by atoms with Crippen molar-refractivity contribution in [3.63, 3.8) is 0 Å². The summed E-state index contributed by atoms with van der Waals surface area (Å²) in [6.45, 7) is 7.28. The van der Waals surface area contributed by atoms with Gasteiger partial charge in [-0.05, 0) is 38.0 Å². The fourth-order valence-corrected chi connectivity index (χ4v) is 3.74. The van der Waals surface area contributed by atoms with Gasteiger partial charge in [0.25, 0.3) is 0 Å². The number of nitrogens with zero attached hydrogens (tertiary/aromatic N) is 6. The molecule has 0 amide bonds. The van der Waals surface area contributed by atoms with E-state index in [-0.39, 0.29) is 5.56 Å². The zero-order chi connectivity index (χ0) is 18.8. The van der Waals surface area contributed by atoms with Crippen LogP contribution in [0, 0.1) is 24.1 Å². The lowest BCUT2D eigenvalue weighted by molar-refractivity contribution is 0.616. The molecular weight excluding hydrogens is 343 g/mol. The van der Waals surface area contributed by atoms with Gasteiger partial charge in [0, 0.05) is 56.7 Å². The zero-order valence-corrected chi connectivity index (χ0v) is 15.5. The molecule has 0 aliphatic carbocycles. The molecule has 0 radical (unpaired) electrons. The summed E-state index contributed by atoms with van der Waals surface area (Å²) in [5.74, 6) is 1.34. The van der Waals surface area contributed by atoms with Crippen molar-refractivity contribution in [1.82, 2.24) is 9.97 Å². The largest absolute Gasteiger partial charge is 0.368 e. The molecule has 27 heavy (non-hydrogen) atoms. The van der Waals surface area contributed by atoms with E-state index in [1.165, 1.54) is 18.9 Å². The molecule has 140 valence electrons. The second-order valence-electron chi connectivity index (χ2n) is 7.11. The Kier molecular flexibility index (Phi) is 4.80. The maximum Gasteiger partial charge on any atom is 0.227 e. The maximum atomic E-state index is 13.9. The van der Waals surface area contributed by atoms with Crippen LogP contribution in [0.5, 0.6) is 0 Å². The Morgan fingerprint density at radius 3 is 2.30 bits per heavy atom. The second kappa shape index (κ2) is 7.39. The molecule has 2 fully saturated rings. The number of aryl methyl sites for hydroxylation is 1. The van der Waals surface area contributed by atoms with Crippen LogP contribution in [-0.2, 0) is 0 Å². The highest BCUT2D eigenvalue weighted by Gasteiger charge is 2.22. The number of piperazine rings is 1. The Bertz CT molecular complexity index is 863. The van der Waals surface area contributed by atoms with Crippen LogP contribution < -0.4 is 14.7 Å². The van der Waals surface area contributed by atoms with Crippen molar-refractivity contribution in [1.29, 1.82) is 5.26 Å². The Morgan fingerprint density at radius 1 is 0.926 bits per heavy atom. The number of halogens is 1. The molecule has 0 N–H and O–H groups in total. The quantitative estimate of drug-likeness (QED) is 0.832. The molecule has 0 bridgehead atoms. The normalized spacial score (nSPS) is 17.3. The lowest BCUT2D eigenvalue weighted by Gasteiger charge is -2.37. The molecule has 1 aromatic heterocycles. The third-order valence-corrected chi connectivity index (χ3v) is 5.26. The van der Waals surface area contributed by atoms with Gasteiger partial charge in [0.1, 0.15) is 17.7 Å². The molecule has 2 aliphatic heterocycles. The minimum absolute atomic E-state index is 0.0864. The first kappa shape index (κ1) is 17.5. The van der Waals surface area contributed by atoms with E-state index in [2.05, 4.69) is 19.7 Å². The number of aromatic nitrogens is 2. The van der Waals surface area contributed by atoms with E-state index in [0.717, 1.165) is 62.4 Å². The lowest BCUT2D eigenvalue weighted by Crippen LogP contribution is -2.47. The highest BCUT2D eigenvalue weighted by atomic mass is 19.1. The first-order valence-electron chi connectivity index (χ1n) is 9.44. The van der Waals surface area contributed by atoms with Crippen LogP contribution in [-0.4, -0.2) is 49.2 Å². The van der Waals surface area contributed by atoms with Gasteiger partial charge in [-0.3, -0.25) is 0 Å². The average molecular weight is 366 g/mol. The SMILES string of the molecule is Cc1cc(N2CCN(c3ccc(C#N)c(F)c3)CC2)nc(N2CCCC2)n1.